The predicted octanol–water partition coefficient (Wildman–Crippen LogP) is 1.82. The highest BCUT2D eigenvalue weighted by Gasteiger charge is 1.96. The third kappa shape index (κ3) is 5.07. The largest absolute Gasteiger partial charge is 0.481 e. The van der Waals surface area contributed by atoms with Crippen LogP contribution in [-0.2, 0) is 4.79 Å². The van der Waals surface area contributed by atoms with Crippen LogP contribution < -0.4 is 0 Å². The number of carboxylic acid groups (broad SMARTS) is 1. The van der Waals surface area contributed by atoms with Crippen molar-refractivity contribution in [3.05, 3.63) is 12.2 Å². The summed E-state index contributed by atoms with van der Waals surface area (Å²) in [7, 11) is 0. The van der Waals surface area contributed by atoms with Gasteiger partial charge in [-0.05, 0) is 12.8 Å². The average Bonchev–Trinajstić information content (AvgIpc) is 1.83. The van der Waals surface area contributed by atoms with Gasteiger partial charge < -0.3 is 5.11 Å². The second kappa shape index (κ2) is 4.13. The van der Waals surface area contributed by atoms with Gasteiger partial charge in [0.15, 0.2) is 0 Å². The first kappa shape index (κ1) is 8.21. The predicted molar refractivity (Wildman–Crippen MR) is 36.3 cm³/mol. The van der Waals surface area contributed by atoms with Gasteiger partial charge in [0.25, 0.3) is 0 Å². The van der Waals surface area contributed by atoms with Crippen LogP contribution in [0.3, 0.4) is 0 Å². The summed E-state index contributed by atoms with van der Waals surface area (Å²) in [6.45, 7) is 5.66. The summed E-state index contributed by atoms with van der Waals surface area (Å²) < 4.78 is 0. The van der Waals surface area contributed by atoms with Crippen molar-refractivity contribution >= 4 is 5.97 Å². The number of carbonyl (C=O) groups is 1. The van der Waals surface area contributed by atoms with Gasteiger partial charge in [-0.3, -0.25) is 4.79 Å². The standard InChI is InChI=1S/C7H12O2/c1-3-6(2)4-5-7(8)9/h2-5H2,1H3,(H,8,9). The van der Waals surface area contributed by atoms with E-state index in [1.54, 1.807) is 0 Å². The van der Waals surface area contributed by atoms with Gasteiger partial charge in [-0.1, -0.05) is 19.1 Å². The fourth-order valence-corrected chi connectivity index (χ4v) is 0.460. The van der Waals surface area contributed by atoms with Crippen LogP contribution in [0.5, 0.6) is 0 Å². The van der Waals surface area contributed by atoms with Crippen LogP contribution in [0.1, 0.15) is 26.2 Å². The minimum atomic E-state index is -0.746. The smallest absolute Gasteiger partial charge is 0.303 e. The van der Waals surface area contributed by atoms with Crippen LogP contribution in [0.2, 0.25) is 0 Å². The monoisotopic (exact) mass is 128 g/mol. The molecule has 0 spiro atoms. The molecule has 0 amide bonds. The van der Waals surface area contributed by atoms with E-state index in [2.05, 4.69) is 6.58 Å². The Morgan fingerprint density at radius 2 is 2.11 bits per heavy atom. The number of rotatable bonds is 4. The van der Waals surface area contributed by atoms with Gasteiger partial charge in [0.1, 0.15) is 0 Å². The zero-order valence-corrected chi connectivity index (χ0v) is 5.68. The van der Waals surface area contributed by atoms with E-state index in [-0.39, 0.29) is 6.42 Å². The van der Waals surface area contributed by atoms with Crippen molar-refractivity contribution in [1.29, 1.82) is 0 Å². The van der Waals surface area contributed by atoms with Gasteiger partial charge >= 0.3 is 5.97 Å². The second-order valence-corrected chi connectivity index (χ2v) is 2.00. The van der Waals surface area contributed by atoms with E-state index in [0.29, 0.717) is 6.42 Å². The molecule has 0 aliphatic carbocycles. The molecule has 1 N–H and O–H groups in total. The van der Waals surface area contributed by atoms with Gasteiger partial charge in [-0.15, -0.1) is 0 Å². The minimum Gasteiger partial charge on any atom is -0.481 e. The highest BCUT2D eigenvalue weighted by Crippen LogP contribution is 2.04. The lowest BCUT2D eigenvalue weighted by Gasteiger charge is -1.96. The minimum absolute atomic E-state index is 0.215. The van der Waals surface area contributed by atoms with Crippen molar-refractivity contribution in [3.8, 4) is 0 Å². The molecule has 0 saturated carbocycles. The van der Waals surface area contributed by atoms with Crippen molar-refractivity contribution in [2.45, 2.75) is 26.2 Å². The summed E-state index contributed by atoms with van der Waals surface area (Å²) in [6, 6.07) is 0. The zero-order chi connectivity index (χ0) is 7.28. The first-order valence-electron chi connectivity index (χ1n) is 3.05. The SMILES string of the molecule is C=C(CC)CCC(=O)O. The van der Waals surface area contributed by atoms with Gasteiger partial charge in [0.2, 0.25) is 0 Å². The molecule has 0 aromatic rings. The normalized spacial score (nSPS) is 9.00. The molecular weight excluding hydrogens is 116 g/mol. The van der Waals surface area contributed by atoms with E-state index < -0.39 is 5.97 Å². The number of carboxylic acids is 1. The lowest BCUT2D eigenvalue weighted by atomic mass is 10.1. The molecule has 0 atom stereocenters. The highest BCUT2D eigenvalue weighted by molar-refractivity contribution is 5.66. The third-order valence-electron chi connectivity index (χ3n) is 1.19. The molecule has 52 valence electrons. The molecule has 0 unspecified atom stereocenters. The Balaban J connectivity index is 3.28. The molecule has 2 nitrogen and oxygen atoms in total. The van der Waals surface area contributed by atoms with Crippen molar-refractivity contribution < 1.29 is 9.90 Å². The lowest BCUT2D eigenvalue weighted by Crippen LogP contribution is -1.94. The van der Waals surface area contributed by atoms with Crippen molar-refractivity contribution in [2.75, 3.05) is 0 Å². The van der Waals surface area contributed by atoms with E-state index in [4.69, 9.17) is 5.11 Å². The van der Waals surface area contributed by atoms with Crippen LogP contribution in [0.15, 0.2) is 12.2 Å². The Kier molecular flexibility index (Phi) is 3.76. The van der Waals surface area contributed by atoms with Crippen LogP contribution >= 0.6 is 0 Å². The number of hydrogen-bond donors (Lipinski definition) is 1. The number of hydrogen-bond acceptors (Lipinski definition) is 1. The average molecular weight is 128 g/mol. The molecule has 0 fully saturated rings. The third-order valence-corrected chi connectivity index (χ3v) is 1.19. The fourth-order valence-electron chi connectivity index (χ4n) is 0.460. The summed E-state index contributed by atoms with van der Waals surface area (Å²) in [6.07, 6.45) is 1.71. The summed E-state index contributed by atoms with van der Waals surface area (Å²) in [5.74, 6) is -0.746. The van der Waals surface area contributed by atoms with E-state index in [1.807, 2.05) is 6.92 Å². The number of aliphatic carboxylic acids is 1. The van der Waals surface area contributed by atoms with Gasteiger partial charge in [0, 0.05) is 6.42 Å². The fraction of sp³-hybridized carbons (Fsp3) is 0.571. The quantitative estimate of drug-likeness (QED) is 0.586. The van der Waals surface area contributed by atoms with Crippen LogP contribution in [0, 0.1) is 0 Å². The Bertz CT molecular complexity index is 116. The van der Waals surface area contributed by atoms with Crippen LogP contribution in [0.25, 0.3) is 0 Å². The lowest BCUT2D eigenvalue weighted by molar-refractivity contribution is -0.136. The summed E-state index contributed by atoms with van der Waals surface area (Å²) in [4.78, 5) is 9.98. The molecule has 0 saturated heterocycles. The van der Waals surface area contributed by atoms with Crippen molar-refractivity contribution in [2.24, 2.45) is 0 Å². The van der Waals surface area contributed by atoms with E-state index >= 15 is 0 Å². The Hall–Kier alpha value is -0.790. The molecular formula is C7H12O2. The molecule has 0 aromatic carbocycles. The second-order valence-electron chi connectivity index (χ2n) is 2.00. The number of allylic oxidation sites excluding steroid dienone is 1. The zero-order valence-electron chi connectivity index (χ0n) is 5.68. The molecule has 0 bridgehead atoms. The Morgan fingerprint density at radius 3 is 2.44 bits per heavy atom. The van der Waals surface area contributed by atoms with E-state index in [1.165, 1.54) is 0 Å². The molecule has 0 rings (SSSR count). The summed E-state index contributed by atoms with van der Waals surface area (Å²) in [5.41, 5.74) is 1.01. The Labute approximate surface area is 55.2 Å². The molecule has 0 aliphatic heterocycles. The first-order chi connectivity index (χ1) is 4.16. The van der Waals surface area contributed by atoms with Crippen LogP contribution in [-0.4, -0.2) is 11.1 Å². The van der Waals surface area contributed by atoms with Gasteiger partial charge in [-0.2, -0.15) is 0 Å². The highest BCUT2D eigenvalue weighted by atomic mass is 16.4. The van der Waals surface area contributed by atoms with Gasteiger partial charge in [-0.25, -0.2) is 0 Å². The maximum Gasteiger partial charge on any atom is 0.303 e. The molecule has 0 aromatic heterocycles. The van der Waals surface area contributed by atoms with Crippen molar-refractivity contribution in [1.82, 2.24) is 0 Å². The van der Waals surface area contributed by atoms with Crippen molar-refractivity contribution in [3.63, 3.8) is 0 Å². The maximum absolute atomic E-state index is 9.98. The summed E-state index contributed by atoms with van der Waals surface area (Å²) >= 11 is 0. The van der Waals surface area contributed by atoms with Gasteiger partial charge in [0.05, 0.1) is 0 Å². The molecule has 0 heterocycles. The molecule has 9 heavy (non-hydrogen) atoms. The van der Waals surface area contributed by atoms with E-state index in [9.17, 15) is 4.79 Å². The molecule has 0 aliphatic rings. The molecule has 0 radical (unpaired) electrons. The first-order valence-corrected chi connectivity index (χ1v) is 3.05. The van der Waals surface area contributed by atoms with E-state index in [0.717, 1.165) is 12.0 Å². The topological polar surface area (TPSA) is 37.3 Å². The maximum atomic E-state index is 9.98. The Morgan fingerprint density at radius 1 is 1.56 bits per heavy atom. The van der Waals surface area contributed by atoms with Crippen LogP contribution in [0.4, 0.5) is 0 Å². The summed E-state index contributed by atoms with van der Waals surface area (Å²) in [5, 5.41) is 8.22. The molecule has 2 heteroatoms.